The van der Waals surface area contributed by atoms with Crippen molar-refractivity contribution in [1.82, 2.24) is 0 Å². The van der Waals surface area contributed by atoms with Gasteiger partial charge in [-0.05, 0) is 54.1 Å². The molecule has 0 aliphatic carbocycles. The van der Waals surface area contributed by atoms with E-state index >= 15 is 0 Å². The van der Waals surface area contributed by atoms with Crippen LogP contribution in [0.15, 0.2) is 77.7 Å². The number of carbonyl (C=O) groups is 1. The molecular weight excluding hydrogens is 456 g/mol. The van der Waals surface area contributed by atoms with Gasteiger partial charge in [0.1, 0.15) is 0 Å². The fourth-order valence-electron chi connectivity index (χ4n) is 2.77. The van der Waals surface area contributed by atoms with Crippen LogP contribution in [0.3, 0.4) is 0 Å². The predicted molar refractivity (Wildman–Crippen MR) is 107 cm³/mol. The zero-order valence-electron chi connectivity index (χ0n) is 16.1. The van der Waals surface area contributed by atoms with E-state index in [9.17, 15) is 35.3 Å². The van der Waals surface area contributed by atoms with E-state index in [1.165, 1.54) is 42.5 Å². The summed E-state index contributed by atoms with van der Waals surface area (Å²) in [6.45, 7) is 0. The molecular formula is C22H15F6NO2S. The van der Waals surface area contributed by atoms with Gasteiger partial charge in [-0.25, -0.2) is 0 Å². The molecule has 3 aromatic carbocycles. The molecule has 0 saturated heterocycles. The molecule has 168 valence electrons. The zero-order chi connectivity index (χ0) is 23.5. The molecule has 3 aromatic rings. The van der Waals surface area contributed by atoms with E-state index in [-0.39, 0.29) is 16.2 Å². The van der Waals surface area contributed by atoms with Crippen molar-refractivity contribution in [2.75, 3.05) is 5.32 Å². The molecule has 1 amide bonds. The first-order chi connectivity index (χ1) is 14.9. The highest BCUT2D eigenvalue weighted by Crippen LogP contribution is 2.31. The van der Waals surface area contributed by atoms with E-state index in [4.69, 9.17) is 0 Å². The van der Waals surface area contributed by atoms with E-state index in [1.807, 2.05) is 0 Å². The molecule has 10 heteroatoms. The lowest BCUT2D eigenvalue weighted by Crippen LogP contribution is -2.14. The highest BCUT2D eigenvalue weighted by atomic mass is 32.2. The summed E-state index contributed by atoms with van der Waals surface area (Å²) in [5.41, 5.74) is -1.18. The van der Waals surface area contributed by atoms with Gasteiger partial charge in [0.25, 0.3) is 5.91 Å². The van der Waals surface area contributed by atoms with Crippen LogP contribution in [0.1, 0.15) is 27.0 Å². The van der Waals surface area contributed by atoms with Gasteiger partial charge >= 0.3 is 12.4 Å². The summed E-state index contributed by atoms with van der Waals surface area (Å²) in [6.07, 6.45) is -9.12. The second-order valence-electron chi connectivity index (χ2n) is 6.75. The number of halogens is 6. The zero-order valence-corrected chi connectivity index (χ0v) is 16.9. The molecule has 1 atom stereocenters. The first kappa shape index (κ1) is 23.5. The van der Waals surface area contributed by atoms with E-state index in [0.29, 0.717) is 11.3 Å². The van der Waals surface area contributed by atoms with Crippen molar-refractivity contribution in [2.24, 2.45) is 0 Å². The Hall–Kier alpha value is -3.14. The molecule has 0 aromatic heterocycles. The second-order valence-corrected chi connectivity index (χ2v) is 8.20. The molecule has 0 radical (unpaired) electrons. The van der Waals surface area contributed by atoms with Gasteiger partial charge in [-0.2, -0.15) is 26.3 Å². The SMILES string of the molecule is O=C(Nc1ccc(C[S@](=O)c2cccc(C(F)(F)F)c2)cc1)c1cccc(C(F)(F)F)c1. The Labute approximate surface area is 181 Å². The Morgan fingerprint density at radius 1 is 0.781 bits per heavy atom. The minimum Gasteiger partial charge on any atom is -0.322 e. The van der Waals surface area contributed by atoms with Gasteiger partial charge in [-0.3, -0.25) is 9.00 Å². The summed E-state index contributed by atoms with van der Waals surface area (Å²) in [5.74, 6) is -0.792. The fraction of sp³-hybridized carbons (Fsp3) is 0.136. The Morgan fingerprint density at radius 2 is 1.34 bits per heavy atom. The van der Waals surface area contributed by atoms with E-state index in [2.05, 4.69) is 5.32 Å². The third-order valence-electron chi connectivity index (χ3n) is 4.39. The van der Waals surface area contributed by atoms with Crippen LogP contribution in [0.25, 0.3) is 0 Å². The average Bonchev–Trinajstić information content (AvgIpc) is 2.74. The molecule has 0 fully saturated rings. The van der Waals surface area contributed by atoms with E-state index < -0.39 is 40.2 Å². The second kappa shape index (κ2) is 9.15. The minimum absolute atomic E-state index is 0.0294. The predicted octanol–water partition coefficient (Wildman–Crippen LogP) is 6.28. The Kier molecular flexibility index (Phi) is 6.73. The number of rotatable bonds is 5. The van der Waals surface area contributed by atoms with Crippen LogP contribution < -0.4 is 5.32 Å². The number of carbonyl (C=O) groups excluding carboxylic acids is 1. The van der Waals surface area contributed by atoms with Gasteiger partial charge in [0.05, 0.1) is 27.7 Å². The fourth-order valence-corrected chi connectivity index (χ4v) is 3.92. The largest absolute Gasteiger partial charge is 0.416 e. The standard InChI is InChI=1S/C22H15F6NO2S/c23-21(24,25)16-4-1-3-15(11-16)20(30)29-18-9-7-14(8-10-18)13-32(31)19-6-2-5-17(12-19)22(26,27)28/h1-12H,13H2,(H,29,30)/t32-/m0/s1. The molecule has 0 aliphatic rings. The van der Waals surface area contributed by atoms with Crippen LogP contribution in [0, 0.1) is 0 Å². The van der Waals surface area contributed by atoms with Gasteiger partial charge in [-0.1, -0.05) is 24.3 Å². The van der Waals surface area contributed by atoms with Crippen molar-refractivity contribution in [3.05, 3.63) is 95.1 Å². The first-order valence-corrected chi connectivity index (χ1v) is 10.4. The van der Waals surface area contributed by atoms with Crippen molar-refractivity contribution in [3.63, 3.8) is 0 Å². The van der Waals surface area contributed by atoms with Crippen molar-refractivity contribution in [3.8, 4) is 0 Å². The molecule has 0 aliphatic heterocycles. The lowest BCUT2D eigenvalue weighted by Gasteiger charge is -2.10. The normalized spacial score (nSPS) is 12.9. The van der Waals surface area contributed by atoms with Crippen molar-refractivity contribution >= 4 is 22.4 Å². The number of anilines is 1. The molecule has 3 rings (SSSR count). The maximum Gasteiger partial charge on any atom is 0.416 e. The van der Waals surface area contributed by atoms with Crippen LogP contribution in [-0.4, -0.2) is 10.1 Å². The van der Waals surface area contributed by atoms with Crippen molar-refractivity contribution in [2.45, 2.75) is 23.0 Å². The third kappa shape index (κ3) is 5.97. The molecule has 1 N–H and O–H groups in total. The number of hydrogen-bond acceptors (Lipinski definition) is 2. The van der Waals surface area contributed by atoms with Crippen LogP contribution in [0.4, 0.5) is 32.0 Å². The summed E-state index contributed by atoms with van der Waals surface area (Å²) < 4.78 is 89.3. The lowest BCUT2D eigenvalue weighted by atomic mass is 10.1. The van der Waals surface area contributed by atoms with Crippen LogP contribution in [0.2, 0.25) is 0 Å². The lowest BCUT2D eigenvalue weighted by molar-refractivity contribution is -0.138. The molecule has 0 bridgehead atoms. The molecule has 0 unspecified atom stereocenters. The highest BCUT2D eigenvalue weighted by molar-refractivity contribution is 7.84. The summed E-state index contributed by atoms with van der Waals surface area (Å²) in [6, 6.07) is 14.2. The number of benzene rings is 3. The van der Waals surface area contributed by atoms with Crippen LogP contribution in [0.5, 0.6) is 0 Å². The minimum atomic E-state index is -4.58. The van der Waals surface area contributed by atoms with Gasteiger partial charge in [0, 0.05) is 16.1 Å². The number of hydrogen-bond donors (Lipinski definition) is 1. The first-order valence-electron chi connectivity index (χ1n) is 9.07. The number of nitrogens with one attached hydrogen (secondary N) is 1. The Morgan fingerprint density at radius 3 is 1.94 bits per heavy atom. The van der Waals surface area contributed by atoms with Crippen molar-refractivity contribution in [1.29, 1.82) is 0 Å². The summed E-state index contributed by atoms with van der Waals surface area (Å²) in [5, 5.41) is 2.47. The van der Waals surface area contributed by atoms with E-state index in [0.717, 1.165) is 30.3 Å². The number of alkyl halides is 6. The Balaban J connectivity index is 1.67. The third-order valence-corrected chi connectivity index (χ3v) is 5.76. The highest BCUT2D eigenvalue weighted by Gasteiger charge is 2.31. The topological polar surface area (TPSA) is 46.2 Å². The molecule has 0 heterocycles. The van der Waals surface area contributed by atoms with Crippen LogP contribution >= 0.6 is 0 Å². The number of amides is 1. The monoisotopic (exact) mass is 471 g/mol. The smallest absolute Gasteiger partial charge is 0.322 e. The maximum absolute atomic E-state index is 12.8. The molecule has 0 spiro atoms. The maximum atomic E-state index is 12.8. The van der Waals surface area contributed by atoms with Gasteiger partial charge in [0.15, 0.2) is 0 Å². The Bertz CT molecular complexity index is 1050. The summed E-state index contributed by atoms with van der Waals surface area (Å²) >= 11 is 0. The summed E-state index contributed by atoms with van der Waals surface area (Å²) in [7, 11) is -1.73. The molecule has 3 nitrogen and oxygen atoms in total. The van der Waals surface area contributed by atoms with Crippen LogP contribution in [-0.2, 0) is 28.9 Å². The van der Waals surface area contributed by atoms with Gasteiger partial charge in [0.2, 0.25) is 0 Å². The quantitative estimate of drug-likeness (QED) is 0.445. The summed E-state index contributed by atoms with van der Waals surface area (Å²) in [4.78, 5) is 12.3. The van der Waals surface area contributed by atoms with Gasteiger partial charge in [-0.15, -0.1) is 0 Å². The van der Waals surface area contributed by atoms with Crippen molar-refractivity contribution < 1.29 is 35.3 Å². The average molecular weight is 471 g/mol. The molecule has 0 saturated carbocycles. The van der Waals surface area contributed by atoms with Gasteiger partial charge < -0.3 is 5.32 Å². The van der Waals surface area contributed by atoms with E-state index in [1.54, 1.807) is 0 Å². The molecule has 32 heavy (non-hydrogen) atoms.